The van der Waals surface area contributed by atoms with E-state index in [0.717, 1.165) is 24.8 Å². The quantitative estimate of drug-likeness (QED) is 0.801. The van der Waals surface area contributed by atoms with E-state index in [1.165, 1.54) is 0 Å². The third kappa shape index (κ3) is 3.86. The zero-order chi connectivity index (χ0) is 12.2. The van der Waals surface area contributed by atoms with Crippen LogP contribution in [0.3, 0.4) is 0 Å². The van der Waals surface area contributed by atoms with E-state index in [2.05, 4.69) is 13.8 Å². The van der Waals surface area contributed by atoms with Crippen LogP contribution in [0.4, 0.5) is 0 Å². The third-order valence-corrected chi connectivity index (χ3v) is 2.93. The Morgan fingerprint density at radius 3 is 2.25 bits per heavy atom. The van der Waals surface area contributed by atoms with Gasteiger partial charge in [0, 0.05) is 0 Å². The summed E-state index contributed by atoms with van der Waals surface area (Å²) < 4.78 is 0. The summed E-state index contributed by atoms with van der Waals surface area (Å²) in [6.45, 7) is 6.21. The summed E-state index contributed by atoms with van der Waals surface area (Å²) in [6.07, 6.45) is 2.91. The first-order valence-corrected chi connectivity index (χ1v) is 5.94. The van der Waals surface area contributed by atoms with Crippen LogP contribution in [0.15, 0.2) is 24.3 Å². The van der Waals surface area contributed by atoms with Crippen molar-refractivity contribution in [3.05, 3.63) is 29.8 Å². The van der Waals surface area contributed by atoms with Crippen LogP contribution < -0.4 is 0 Å². The van der Waals surface area contributed by atoms with Crippen molar-refractivity contribution in [2.75, 3.05) is 0 Å². The lowest BCUT2D eigenvalue weighted by atomic mass is 9.89. The Hall–Kier alpha value is -1.02. The molecule has 0 aliphatic carbocycles. The summed E-state index contributed by atoms with van der Waals surface area (Å²) >= 11 is 0. The second-order valence-electron chi connectivity index (χ2n) is 5.11. The van der Waals surface area contributed by atoms with E-state index in [9.17, 15) is 10.2 Å². The zero-order valence-electron chi connectivity index (χ0n) is 10.4. The smallest absolute Gasteiger partial charge is 0.115 e. The van der Waals surface area contributed by atoms with Crippen molar-refractivity contribution >= 4 is 0 Å². The first-order valence-electron chi connectivity index (χ1n) is 5.94. The molecule has 0 aliphatic rings. The van der Waals surface area contributed by atoms with Gasteiger partial charge in [-0.2, -0.15) is 0 Å². The van der Waals surface area contributed by atoms with Crippen molar-refractivity contribution in [2.24, 2.45) is 5.92 Å². The summed E-state index contributed by atoms with van der Waals surface area (Å²) in [5, 5.41) is 19.5. The molecule has 2 N–H and O–H groups in total. The number of benzene rings is 1. The van der Waals surface area contributed by atoms with Gasteiger partial charge in [-0.15, -0.1) is 0 Å². The molecule has 1 atom stereocenters. The zero-order valence-corrected chi connectivity index (χ0v) is 10.4. The van der Waals surface area contributed by atoms with Gasteiger partial charge in [0.05, 0.1) is 5.60 Å². The minimum Gasteiger partial charge on any atom is -0.508 e. The summed E-state index contributed by atoms with van der Waals surface area (Å²) in [5.41, 5.74) is 0.0804. The molecule has 0 spiro atoms. The molecule has 16 heavy (non-hydrogen) atoms. The molecule has 0 heterocycles. The van der Waals surface area contributed by atoms with Crippen LogP contribution >= 0.6 is 0 Å². The van der Waals surface area contributed by atoms with Gasteiger partial charge in [0.25, 0.3) is 0 Å². The molecular formula is C14H22O2. The fourth-order valence-corrected chi connectivity index (χ4v) is 1.82. The molecule has 0 aliphatic heterocycles. The minimum atomic E-state index is -0.789. The molecule has 0 radical (unpaired) electrons. The number of hydrogen-bond donors (Lipinski definition) is 2. The lowest BCUT2D eigenvalue weighted by Crippen LogP contribution is -2.20. The number of aliphatic hydroxyl groups is 1. The van der Waals surface area contributed by atoms with Gasteiger partial charge in [-0.05, 0) is 43.4 Å². The Kier molecular flexibility index (Phi) is 4.36. The maximum atomic E-state index is 10.3. The fourth-order valence-electron chi connectivity index (χ4n) is 1.82. The Morgan fingerprint density at radius 1 is 1.19 bits per heavy atom. The third-order valence-electron chi connectivity index (χ3n) is 2.93. The van der Waals surface area contributed by atoms with Gasteiger partial charge in [0.2, 0.25) is 0 Å². The molecule has 0 unspecified atom stereocenters. The maximum Gasteiger partial charge on any atom is 0.115 e. The van der Waals surface area contributed by atoms with Crippen molar-refractivity contribution in [3.8, 4) is 5.75 Å². The van der Waals surface area contributed by atoms with Crippen LogP contribution in [0.5, 0.6) is 5.75 Å². The summed E-state index contributed by atoms with van der Waals surface area (Å²) in [6, 6.07) is 6.80. The van der Waals surface area contributed by atoms with E-state index in [0.29, 0.717) is 5.92 Å². The number of hydrogen-bond acceptors (Lipinski definition) is 2. The SMILES string of the molecule is CC(C)CCC[C@](C)(O)c1ccc(O)cc1. The van der Waals surface area contributed by atoms with Gasteiger partial charge >= 0.3 is 0 Å². The first kappa shape index (κ1) is 13.0. The number of rotatable bonds is 5. The van der Waals surface area contributed by atoms with Crippen LogP contribution in [0.1, 0.15) is 45.6 Å². The standard InChI is InChI=1S/C14H22O2/c1-11(2)5-4-10-14(3,16)12-6-8-13(15)9-7-12/h6-9,11,15-16H,4-5,10H2,1-3H3/t14-/m0/s1. The molecule has 0 fully saturated rings. The molecule has 0 saturated heterocycles. The normalized spacial score (nSPS) is 15.1. The van der Waals surface area contributed by atoms with Gasteiger partial charge in [0.15, 0.2) is 0 Å². The van der Waals surface area contributed by atoms with E-state index in [-0.39, 0.29) is 5.75 Å². The van der Waals surface area contributed by atoms with Crippen molar-refractivity contribution in [1.29, 1.82) is 0 Å². The van der Waals surface area contributed by atoms with Gasteiger partial charge < -0.3 is 10.2 Å². The van der Waals surface area contributed by atoms with E-state index in [1.54, 1.807) is 24.3 Å². The predicted molar refractivity (Wildman–Crippen MR) is 66.4 cm³/mol. The Morgan fingerprint density at radius 2 is 1.75 bits per heavy atom. The van der Waals surface area contributed by atoms with Crippen molar-refractivity contribution in [2.45, 2.75) is 45.6 Å². The van der Waals surface area contributed by atoms with Crippen LogP contribution in [-0.4, -0.2) is 10.2 Å². The Labute approximate surface area is 97.9 Å². The average molecular weight is 222 g/mol. The fraction of sp³-hybridized carbons (Fsp3) is 0.571. The van der Waals surface area contributed by atoms with E-state index in [4.69, 9.17) is 0 Å². The maximum absolute atomic E-state index is 10.3. The van der Waals surface area contributed by atoms with E-state index >= 15 is 0 Å². The number of phenols is 1. The summed E-state index contributed by atoms with van der Waals surface area (Å²) in [5.74, 6) is 0.914. The minimum absolute atomic E-state index is 0.238. The lowest BCUT2D eigenvalue weighted by Gasteiger charge is -2.24. The average Bonchev–Trinajstić information content (AvgIpc) is 2.17. The van der Waals surface area contributed by atoms with Crippen LogP contribution in [0.25, 0.3) is 0 Å². The summed E-state index contributed by atoms with van der Waals surface area (Å²) in [4.78, 5) is 0. The molecule has 0 saturated carbocycles. The van der Waals surface area contributed by atoms with Crippen molar-refractivity contribution < 1.29 is 10.2 Å². The molecule has 90 valence electrons. The topological polar surface area (TPSA) is 40.5 Å². The lowest BCUT2D eigenvalue weighted by molar-refractivity contribution is 0.0441. The van der Waals surface area contributed by atoms with E-state index in [1.807, 2.05) is 6.92 Å². The molecule has 1 rings (SSSR count). The monoisotopic (exact) mass is 222 g/mol. The molecule has 1 aromatic rings. The molecule has 0 amide bonds. The highest BCUT2D eigenvalue weighted by Crippen LogP contribution is 2.28. The molecule has 2 heteroatoms. The van der Waals surface area contributed by atoms with Crippen molar-refractivity contribution in [3.63, 3.8) is 0 Å². The number of aromatic hydroxyl groups is 1. The second-order valence-corrected chi connectivity index (χ2v) is 5.11. The van der Waals surface area contributed by atoms with Crippen LogP contribution in [-0.2, 0) is 5.60 Å². The van der Waals surface area contributed by atoms with E-state index < -0.39 is 5.60 Å². The molecule has 2 nitrogen and oxygen atoms in total. The Balaban J connectivity index is 2.59. The van der Waals surface area contributed by atoms with Gasteiger partial charge in [-0.25, -0.2) is 0 Å². The van der Waals surface area contributed by atoms with Gasteiger partial charge in [-0.3, -0.25) is 0 Å². The predicted octanol–water partition coefficient (Wildman–Crippen LogP) is 3.43. The van der Waals surface area contributed by atoms with Crippen LogP contribution in [0, 0.1) is 5.92 Å². The highest BCUT2D eigenvalue weighted by Gasteiger charge is 2.22. The molecule has 0 aromatic heterocycles. The summed E-state index contributed by atoms with van der Waals surface area (Å²) in [7, 11) is 0. The van der Waals surface area contributed by atoms with Crippen LogP contribution in [0.2, 0.25) is 0 Å². The largest absolute Gasteiger partial charge is 0.508 e. The first-order chi connectivity index (χ1) is 7.42. The molecule has 1 aromatic carbocycles. The van der Waals surface area contributed by atoms with Gasteiger partial charge in [0.1, 0.15) is 5.75 Å². The second kappa shape index (κ2) is 5.35. The molecular weight excluding hydrogens is 200 g/mol. The Bertz CT molecular complexity index is 312. The number of phenolic OH excluding ortho intramolecular Hbond substituents is 1. The highest BCUT2D eigenvalue weighted by molar-refractivity contribution is 5.29. The molecule has 0 bridgehead atoms. The van der Waals surface area contributed by atoms with Gasteiger partial charge in [-0.1, -0.05) is 32.4 Å². The van der Waals surface area contributed by atoms with Crippen molar-refractivity contribution in [1.82, 2.24) is 0 Å². The highest BCUT2D eigenvalue weighted by atomic mass is 16.3.